The third-order valence-corrected chi connectivity index (χ3v) is 3.46. The zero-order valence-electron chi connectivity index (χ0n) is 11.1. The summed E-state index contributed by atoms with van der Waals surface area (Å²) in [6.07, 6.45) is 1.63. The highest BCUT2D eigenvalue weighted by molar-refractivity contribution is 5.73. The number of piperidine rings is 1. The molecule has 1 saturated heterocycles. The number of anilines is 1. The predicted molar refractivity (Wildman–Crippen MR) is 72.7 cm³/mol. The maximum Gasteiger partial charge on any atom is 0.309 e. The molecule has 0 aromatic heterocycles. The van der Waals surface area contributed by atoms with Gasteiger partial charge in [0.15, 0.2) is 0 Å². The topological polar surface area (TPSA) is 53.3 Å². The summed E-state index contributed by atoms with van der Waals surface area (Å²) in [5.74, 6) is -0.0525. The Bertz CT molecular complexity index is 485. The van der Waals surface area contributed by atoms with Crippen LogP contribution in [0.4, 0.5) is 5.69 Å². The van der Waals surface area contributed by atoms with E-state index in [0.717, 1.165) is 31.6 Å². The lowest BCUT2D eigenvalue weighted by atomic mass is 9.96. The van der Waals surface area contributed by atoms with Crippen LogP contribution < -0.4 is 4.90 Å². The Morgan fingerprint density at radius 3 is 2.84 bits per heavy atom. The van der Waals surface area contributed by atoms with Crippen molar-refractivity contribution in [2.24, 2.45) is 5.92 Å². The Balaban J connectivity index is 1.96. The molecule has 0 saturated carbocycles. The normalized spacial score (nSPS) is 15.9. The molecule has 1 aliphatic rings. The zero-order valence-corrected chi connectivity index (χ0v) is 11.1. The summed E-state index contributed by atoms with van der Waals surface area (Å²) in [7, 11) is 0. The van der Waals surface area contributed by atoms with Crippen LogP contribution in [0.25, 0.3) is 0 Å². The van der Waals surface area contributed by atoms with Crippen molar-refractivity contribution in [2.45, 2.75) is 19.8 Å². The molecule has 0 N–H and O–H groups in total. The molecule has 1 aromatic rings. The van der Waals surface area contributed by atoms with Gasteiger partial charge in [-0.25, -0.2) is 0 Å². The van der Waals surface area contributed by atoms with Crippen LogP contribution in [0.15, 0.2) is 24.3 Å². The van der Waals surface area contributed by atoms with Crippen LogP contribution in [0.3, 0.4) is 0 Å². The summed E-state index contributed by atoms with van der Waals surface area (Å²) in [5, 5.41) is 8.90. The van der Waals surface area contributed by atoms with E-state index in [9.17, 15) is 4.79 Å². The fourth-order valence-corrected chi connectivity index (χ4v) is 2.41. The first-order chi connectivity index (χ1) is 9.24. The van der Waals surface area contributed by atoms with Crippen LogP contribution in [-0.4, -0.2) is 25.7 Å². The largest absolute Gasteiger partial charge is 0.466 e. The van der Waals surface area contributed by atoms with Gasteiger partial charge in [0.05, 0.1) is 24.2 Å². The van der Waals surface area contributed by atoms with Crippen molar-refractivity contribution in [1.82, 2.24) is 0 Å². The second-order valence-electron chi connectivity index (χ2n) is 4.68. The standard InChI is InChI=1S/C15H18N2O2/c1-2-19-15(18)13-6-8-17(9-7-13)14-5-3-4-12(10-14)11-16/h3-5,10,13H,2,6-9H2,1H3. The molecule has 1 aromatic carbocycles. The molecular formula is C15H18N2O2. The van der Waals surface area contributed by atoms with Gasteiger partial charge in [-0.3, -0.25) is 4.79 Å². The zero-order chi connectivity index (χ0) is 13.7. The minimum atomic E-state index is -0.0760. The molecule has 0 atom stereocenters. The van der Waals surface area contributed by atoms with E-state index in [1.807, 2.05) is 25.1 Å². The van der Waals surface area contributed by atoms with Crippen LogP contribution in [0.1, 0.15) is 25.3 Å². The third-order valence-electron chi connectivity index (χ3n) is 3.46. The maximum absolute atomic E-state index is 11.7. The molecule has 2 rings (SSSR count). The number of nitrogens with zero attached hydrogens (tertiary/aromatic N) is 2. The number of carbonyl (C=O) groups excluding carboxylic acids is 1. The van der Waals surface area contributed by atoms with Gasteiger partial charge < -0.3 is 9.64 Å². The summed E-state index contributed by atoms with van der Waals surface area (Å²) in [6, 6.07) is 9.74. The minimum absolute atomic E-state index is 0.0235. The van der Waals surface area contributed by atoms with E-state index in [2.05, 4.69) is 11.0 Å². The van der Waals surface area contributed by atoms with Gasteiger partial charge in [0, 0.05) is 18.8 Å². The van der Waals surface area contributed by atoms with Crippen molar-refractivity contribution in [2.75, 3.05) is 24.6 Å². The maximum atomic E-state index is 11.7. The quantitative estimate of drug-likeness (QED) is 0.781. The van der Waals surface area contributed by atoms with Gasteiger partial charge in [0.1, 0.15) is 0 Å². The van der Waals surface area contributed by atoms with E-state index in [0.29, 0.717) is 12.2 Å². The molecule has 0 aliphatic carbocycles. The Morgan fingerprint density at radius 1 is 1.47 bits per heavy atom. The van der Waals surface area contributed by atoms with Crippen LogP contribution >= 0.6 is 0 Å². The summed E-state index contributed by atoms with van der Waals surface area (Å²) in [4.78, 5) is 13.9. The number of hydrogen-bond acceptors (Lipinski definition) is 4. The lowest BCUT2D eigenvalue weighted by Crippen LogP contribution is -2.37. The summed E-state index contributed by atoms with van der Waals surface area (Å²) in [6.45, 7) is 3.94. The molecule has 0 radical (unpaired) electrons. The lowest BCUT2D eigenvalue weighted by molar-refractivity contribution is -0.148. The minimum Gasteiger partial charge on any atom is -0.466 e. The molecule has 0 unspecified atom stereocenters. The number of nitriles is 1. The van der Waals surface area contributed by atoms with E-state index in [1.165, 1.54) is 0 Å². The number of hydrogen-bond donors (Lipinski definition) is 0. The molecule has 100 valence electrons. The number of carbonyl (C=O) groups is 1. The molecule has 0 bridgehead atoms. The van der Waals surface area contributed by atoms with Gasteiger partial charge in [-0.2, -0.15) is 5.26 Å². The van der Waals surface area contributed by atoms with E-state index >= 15 is 0 Å². The van der Waals surface area contributed by atoms with Gasteiger partial charge in [-0.15, -0.1) is 0 Å². The molecule has 0 amide bonds. The number of benzene rings is 1. The van der Waals surface area contributed by atoms with Crippen LogP contribution in [0.2, 0.25) is 0 Å². The van der Waals surface area contributed by atoms with Crippen molar-refractivity contribution in [3.05, 3.63) is 29.8 Å². The van der Waals surface area contributed by atoms with Crippen molar-refractivity contribution in [3.63, 3.8) is 0 Å². The third kappa shape index (κ3) is 3.25. The molecule has 1 heterocycles. The van der Waals surface area contributed by atoms with Crippen molar-refractivity contribution in [1.29, 1.82) is 5.26 Å². The van der Waals surface area contributed by atoms with E-state index in [1.54, 1.807) is 6.07 Å². The molecular weight excluding hydrogens is 240 g/mol. The van der Waals surface area contributed by atoms with Crippen LogP contribution in [-0.2, 0) is 9.53 Å². The summed E-state index contributed by atoms with van der Waals surface area (Å²) < 4.78 is 5.06. The van der Waals surface area contributed by atoms with E-state index < -0.39 is 0 Å². The molecule has 0 spiro atoms. The Morgan fingerprint density at radius 2 is 2.21 bits per heavy atom. The molecule has 1 aliphatic heterocycles. The molecule has 1 fully saturated rings. The number of ether oxygens (including phenoxy) is 1. The first kappa shape index (κ1) is 13.4. The van der Waals surface area contributed by atoms with E-state index in [4.69, 9.17) is 10.00 Å². The Hall–Kier alpha value is -2.02. The second kappa shape index (κ2) is 6.24. The average Bonchev–Trinajstić information content (AvgIpc) is 2.48. The molecule has 4 heteroatoms. The van der Waals surface area contributed by atoms with Crippen molar-refractivity contribution < 1.29 is 9.53 Å². The Kier molecular flexibility index (Phi) is 4.40. The average molecular weight is 258 g/mol. The molecule has 19 heavy (non-hydrogen) atoms. The first-order valence-electron chi connectivity index (χ1n) is 6.66. The summed E-state index contributed by atoms with van der Waals surface area (Å²) >= 11 is 0. The lowest BCUT2D eigenvalue weighted by Gasteiger charge is -2.32. The van der Waals surface area contributed by atoms with Crippen LogP contribution in [0.5, 0.6) is 0 Å². The first-order valence-corrected chi connectivity index (χ1v) is 6.66. The molecule has 4 nitrogen and oxygen atoms in total. The van der Waals surface area contributed by atoms with Gasteiger partial charge in [0.2, 0.25) is 0 Å². The van der Waals surface area contributed by atoms with Gasteiger partial charge in [-0.05, 0) is 38.0 Å². The predicted octanol–water partition coefficient (Wildman–Crippen LogP) is 2.34. The highest BCUT2D eigenvalue weighted by Gasteiger charge is 2.26. The van der Waals surface area contributed by atoms with E-state index in [-0.39, 0.29) is 11.9 Å². The van der Waals surface area contributed by atoms with Crippen molar-refractivity contribution >= 4 is 11.7 Å². The number of esters is 1. The highest BCUT2D eigenvalue weighted by atomic mass is 16.5. The van der Waals surface area contributed by atoms with Gasteiger partial charge >= 0.3 is 5.97 Å². The van der Waals surface area contributed by atoms with Crippen molar-refractivity contribution in [3.8, 4) is 6.07 Å². The SMILES string of the molecule is CCOC(=O)C1CCN(c2cccc(C#N)c2)CC1. The highest BCUT2D eigenvalue weighted by Crippen LogP contribution is 2.24. The van der Waals surface area contributed by atoms with Gasteiger partial charge in [0.25, 0.3) is 0 Å². The number of rotatable bonds is 3. The van der Waals surface area contributed by atoms with Gasteiger partial charge in [-0.1, -0.05) is 6.07 Å². The van der Waals surface area contributed by atoms with Crippen LogP contribution in [0, 0.1) is 17.2 Å². The summed E-state index contributed by atoms with van der Waals surface area (Å²) in [5.41, 5.74) is 1.73. The monoisotopic (exact) mass is 258 g/mol. The smallest absolute Gasteiger partial charge is 0.309 e. The fourth-order valence-electron chi connectivity index (χ4n) is 2.41. The fraction of sp³-hybridized carbons (Fsp3) is 0.467. The Labute approximate surface area is 113 Å². The second-order valence-corrected chi connectivity index (χ2v) is 4.68.